The number of nitrogens with one attached hydrogen (secondary N) is 1. The highest BCUT2D eigenvalue weighted by atomic mass is 35.5. The summed E-state index contributed by atoms with van der Waals surface area (Å²) >= 11 is 24.1. The van der Waals surface area contributed by atoms with Gasteiger partial charge in [0.2, 0.25) is 0 Å². The second kappa shape index (κ2) is 17.9. The molecule has 286 valence electrons. The molecule has 4 aliphatic rings. The number of hydrogen-bond acceptors (Lipinski definition) is 6. The number of carbonyl (C=O) groups is 2. The first-order valence-electron chi connectivity index (χ1n) is 16.6. The van der Waals surface area contributed by atoms with Crippen LogP contribution in [0.5, 0.6) is 0 Å². The van der Waals surface area contributed by atoms with E-state index in [0.29, 0.717) is 25.5 Å². The normalized spacial score (nSPS) is 23.5. The maximum atomic E-state index is 12.3. The molecule has 1 amide bonds. The molecule has 0 radical (unpaired) electrons. The molecular formula is C36H49Cl4F3N4O4. The second-order valence-electron chi connectivity index (χ2n) is 14.8. The van der Waals surface area contributed by atoms with Gasteiger partial charge in [0.05, 0.1) is 20.1 Å². The van der Waals surface area contributed by atoms with E-state index in [9.17, 15) is 18.0 Å². The van der Waals surface area contributed by atoms with Gasteiger partial charge < -0.3 is 20.1 Å². The van der Waals surface area contributed by atoms with Crippen LogP contribution in [0.1, 0.15) is 65.0 Å². The number of nitrogens with zero attached hydrogens (tertiary/aromatic N) is 3. The number of amides is 1. The molecule has 8 nitrogen and oxygen atoms in total. The lowest BCUT2D eigenvalue weighted by atomic mass is 9.86. The molecule has 4 saturated heterocycles. The number of rotatable bonds is 4. The van der Waals surface area contributed by atoms with Crippen LogP contribution in [0.4, 0.5) is 18.0 Å². The lowest BCUT2D eigenvalue weighted by Gasteiger charge is -2.27. The third kappa shape index (κ3) is 12.8. The Hall–Kier alpha value is -1.99. The maximum absolute atomic E-state index is 12.3. The summed E-state index contributed by atoms with van der Waals surface area (Å²) in [5.41, 5.74) is 2.73. The Kier molecular flexibility index (Phi) is 15.2. The van der Waals surface area contributed by atoms with Crippen LogP contribution in [-0.2, 0) is 22.6 Å². The molecule has 15 heteroatoms. The molecule has 4 heterocycles. The second-order valence-corrected chi connectivity index (χ2v) is 16.4. The van der Waals surface area contributed by atoms with Crippen molar-refractivity contribution in [3.63, 3.8) is 0 Å². The Morgan fingerprint density at radius 1 is 0.784 bits per heavy atom. The highest BCUT2D eigenvalue weighted by Gasteiger charge is 2.45. The summed E-state index contributed by atoms with van der Waals surface area (Å²) in [6, 6.07) is 11.8. The molecule has 2 unspecified atom stereocenters. The van der Waals surface area contributed by atoms with Gasteiger partial charge in [-0.3, -0.25) is 9.80 Å². The summed E-state index contributed by atoms with van der Waals surface area (Å²) in [4.78, 5) is 28.0. The van der Waals surface area contributed by atoms with Gasteiger partial charge in [0, 0.05) is 51.2 Å². The number of ether oxygens (including phenoxy) is 1. The predicted molar refractivity (Wildman–Crippen MR) is 198 cm³/mol. The van der Waals surface area contributed by atoms with Gasteiger partial charge in [0.15, 0.2) is 0 Å². The zero-order valence-corrected chi connectivity index (χ0v) is 31.5. The lowest BCUT2D eigenvalue weighted by Crippen LogP contribution is -2.37. The number of hydrogen-bond donors (Lipinski definition) is 2. The van der Waals surface area contributed by atoms with Crippen molar-refractivity contribution >= 4 is 58.5 Å². The Morgan fingerprint density at radius 3 is 1.69 bits per heavy atom. The molecule has 2 spiro atoms. The van der Waals surface area contributed by atoms with E-state index in [-0.39, 0.29) is 18.9 Å². The van der Waals surface area contributed by atoms with Crippen molar-refractivity contribution in [1.29, 1.82) is 0 Å². The molecule has 0 saturated carbocycles. The average molecular weight is 801 g/mol. The van der Waals surface area contributed by atoms with Gasteiger partial charge in [0.25, 0.3) is 0 Å². The summed E-state index contributed by atoms with van der Waals surface area (Å²) < 4.78 is 37.3. The largest absolute Gasteiger partial charge is 0.490 e. The van der Waals surface area contributed by atoms with Crippen LogP contribution in [0, 0.1) is 10.8 Å². The van der Waals surface area contributed by atoms with Crippen molar-refractivity contribution in [2.45, 2.75) is 78.7 Å². The minimum atomic E-state index is -5.08. The Morgan fingerprint density at radius 2 is 1.25 bits per heavy atom. The monoisotopic (exact) mass is 798 g/mol. The van der Waals surface area contributed by atoms with E-state index in [2.05, 4.69) is 21.2 Å². The molecule has 0 aromatic heterocycles. The number of carboxylic acid groups (broad SMARTS) is 1. The molecular weight excluding hydrogens is 751 g/mol. The summed E-state index contributed by atoms with van der Waals surface area (Å²) in [7, 11) is 0. The van der Waals surface area contributed by atoms with Crippen LogP contribution < -0.4 is 5.32 Å². The third-order valence-corrected chi connectivity index (χ3v) is 11.0. The van der Waals surface area contributed by atoms with E-state index in [0.717, 1.165) is 52.1 Å². The van der Waals surface area contributed by atoms with Crippen molar-refractivity contribution in [2.24, 2.45) is 10.8 Å². The first kappa shape index (κ1) is 43.4. The molecule has 51 heavy (non-hydrogen) atoms. The van der Waals surface area contributed by atoms with E-state index < -0.39 is 17.7 Å². The fourth-order valence-corrected chi connectivity index (χ4v) is 7.65. The highest BCUT2D eigenvalue weighted by molar-refractivity contribution is 6.42. The van der Waals surface area contributed by atoms with Gasteiger partial charge >= 0.3 is 18.2 Å². The maximum Gasteiger partial charge on any atom is 0.490 e. The highest BCUT2D eigenvalue weighted by Crippen LogP contribution is 2.41. The SMILES string of the molecule is C.CC(C)(C)OC(=O)N1CCC2(CCN(Cc3ccc(Cl)c(Cl)c3)C2)C1.Clc1ccc(CN2CCC3(CCNC3)C2)cc1Cl.O=C(O)C(F)(F)F. The Bertz CT molecular complexity index is 1500. The van der Waals surface area contributed by atoms with Crippen molar-refractivity contribution in [3.8, 4) is 0 Å². The zero-order valence-electron chi connectivity index (χ0n) is 28.5. The summed E-state index contributed by atoms with van der Waals surface area (Å²) in [5.74, 6) is -2.76. The van der Waals surface area contributed by atoms with Gasteiger partial charge in [-0.25, -0.2) is 9.59 Å². The van der Waals surface area contributed by atoms with Crippen LogP contribution in [0.3, 0.4) is 0 Å². The minimum absolute atomic E-state index is 0. The van der Waals surface area contributed by atoms with Crippen molar-refractivity contribution in [1.82, 2.24) is 20.0 Å². The molecule has 2 N–H and O–H groups in total. The van der Waals surface area contributed by atoms with Gasteiger partial charge in [-0.1, -0.05) is 66.0 Å². The molecule has 6 rings (SSSR count). The van der Waals surface area contributed by atoms with Crippen molar-refractivity contribution in [2.75, 3.05) is 52.4 Å². The molecule has 2 aromatic rings. The zero-order chi connectivity index (χ0) is 36.9. The van der Waals surface area contributed by atoms with E-state index in [1.54, 1.807) is 0 Å². The fourth-order valence-electron chi connectivity index (χ4n) is 7.01. The van der Waals surface area contributed by atoms with E-state index in [4.69, 9.17) is 61.0 Å². The van der Waals surface area contributed by atoms with Gasteiger partial charge in [-0.2, -0.15) is 13.2 Å². The number of carboxylic acids is 1. The smallest absolute Gasteiger partial charge is 0.475 e. The molecule has 0 bridgehead atoms. The number of carbonyl (C=O) groups excluding carboxylic acids is 1. The molecule has 2 atom stereocenters. The van der Waals surface area contributed by atoms with Crippen LogP contribution in [0.25, 0.3) is 0 Å². The quantitative estimate of drug-likeness (QED) is 0.319. The Labute approximate surface area is 319 Å². The van der Waals surface area contributed by atoms with E-state index in [1.165, 1.54) is 50.1 Å². The standard InChI is InChI=1S/C19H26Cl2N2O2.C14H18Cl2N2.C2HF3O2.CH4/c1-18(2,3)25-17(24)23-9-7-19(13-23)6-8-22(12-19)11-14-4-5-15(20)16(21)10-14;15-12-2-1-11(7-13(12)16)8-18-6-4-14(10-18)3-5-17-9-14;3-2(4,5)1(6)7;/h4-5,10H,6-9,11-13H2,1-3H3;1-2,7,17H,3-6,8-10H2;(H,6,7);1H4. The summed E-state index contributed by atoms with van der Waals surface area (Å²) in [5, 5.41) is 13.1. The molecule has 4 aliphatic heterocycles. The van der Waals surface area contributed by atoms with E-state index >= 15 is 0 Å². The lowest BCUT2D eigenvalue weighted by molar-refractivity contribution is -0.192. The van der Waals surface area contributed by atoms with Gasteiger partial charge in [-0.15, -0.1) is 0 Å². The van der Waals surface area contributed by atoms with Crippen LogP contribution >= 0.6 is 46.4 Å². The van der Waals surface area contributed by atoms with Crippen molar-refractivity contribution < 1.29 is 32.6 Å². The van der Waals surface area contributed by atoms with E-state index in [1.807, 2.05) is 56.0 Å². The summed E-state index contributed by atoms with van der Waals surface area (Å²) in [6.45, 7) is 16.0. The van der Waals surface area contributed by atoms with Gasteiger partial charge in [-0.05, 0) is 107 Å². The first-order valence-corrected chi connectivity index (χ1v) is 18.1. The number of likely N-dealkylation sites (tertiary alicyclic amines) is 3. The van der Waals surface area contributed by atoms with Gasteiger partial charge in [0.1, 0.15) is 5.60 Å². The average Bonchev–Trinajstić information content (AvgIpc) is 3.82. The fraction of sp³-hybridized carbons (Fsp3) is 0.611. The Balaban J connectivity index is 0.000000236. The molecule has 4 fully saturated rings. The number of aliphatic carboxylic acids is 1. The topological polar surface area (TPSA) is 85.4 Å². The minimum Gasteiger partial charge on any atom is -0.475 e. The third-order valence-electron chi connectivity index (χ3n) is 9.48. The number of alkyl halides is 3. The number of benzene rings is 2. The van der Waals surface area contributed by atoms with Crippen LogP contribution in [0.2, 0.25) is 20.1 Å². The molecule has 2 aromatic carbocycles. The predicted octanol–water partition coefficient (Wildman–Crippen LogP) is 9.27. The molecule has 0 aliphatic carbocycles. The first-order chi connectivity index (χ1) is 23.3. The number of halogens is 7. The van der Waals surface area contributed by atoms with Crippen LogP contribution in [-0.4, -0.2) is 96.0 Å². The van der Waals surface area contributed by atoms with Crippen LogP contribution in [0.15, 0.2) is 36.4 Å². The van der Waals surface area contributed by atoms with Crippen molar-refractivity contribution in [3.05, 3.63) is 67.6 Å². The summed E-state index contributed by atoms with van der Waals surface area (Å²) in [6.07, 6.45) is -0.462.